The number of carbonyl (C=O) groups excluding carboxylic acids is 2. The first kappa shape index (κ1) is 21.5. The van der Waals surface area contributed by atoms with E-state index in [2.05, 4.69) is 22.3 Å². The lowest BCUT2D eigenvalue weighted by molar-refractivity contribution is 0.0961. The van der Waals surface area contributed by atoms with Crippen molar-refractivity contribution in [3.63, 3.8) is 0 Å². The molecule has 1 saturated heterocycles. The number of carboxylic acid groups (broad SMARTS) is 1. The van der Waals surface area contributed by atoms with Gasteiger partial charge in [0.15, 0.2) is 5.69 Å². The van der Waals surface area contributed by atoms with Crippen LogP contribution in [-0.2, 0) is 0 Å². The van der Waals surface area contributed by atoms with Gasteiger partial charge in [-0.1, -0.05) is 5.92 Å². The molecular weight excluding hydrogens is 404 g/mol. The van der Waals surface area contributed by atoms with Gasteiger partial charge in [-0.3, -0.25) is 9.59 Å². The van der Waals surface area contributed by atoms with Gasteiger partial charge in [0.05, 0.1) is 13.2 Å². The third-order valence-corrected chi connectivity index (χ3v) is 4.93. The molecule has 0 spiro atoms. The number of methoxy groups -OCH3 is 1. The standard InChI is InChI=1S/C20H22N6O5/c1-23-19(28)12-7-11(8-14(9-12)31-2)3-4-15-16(18(22)27)17(21)26(24-15)13-5-6-25(10-13)20(29)30/h7-9,13H,5-6,10,21H2,1-2H3,(H2,22,27)(H,23,28)(H,29,30). The van der Waals surface area contributed by atoms with Crippen LogP contribution in [0.5, 0.6) is 5.75 Å². The van der Waals surface area contributed by atoms with Crippen molar-refractivity contribution < 1.29 is 24.2 Å². The summed E-state index contributed by atoms with van der Waals surface area (Å²) in [5.41, 5.74) is 12.4. The molecule has 0 bridgehead atoms. The summed E-state index contributed by atoms with van der Waals surface area (Å²) in [6.07, 6.45) is -0.539. The van der Waals surface area contributed by atoms with E-state index in [-0.39, 0.29) is 35.6 Å². The quantitative estimate of drug-likeness (QED) is 0.509. The molecule has 1 unspecified atom stereocenters. The average molecular weight is 426 g/mol. The molecule has 162 valence electrons. The molecule has 11 heteroatoms. The van der Waals surface area contributed by atoms with Gasteiger partial charge in [-0.2, -0.15) is 5.10 Å². The van der Waals surface area contributed by atoms with E-state index in [4.69, 9.17) is 21.3 Å². The highest BCUT2D eigenvalue weighted by Gasteiger charge is 2.31. The fourth-order valence-electron chi connectivity index (χ4n) is 3.37. The number of amides is 3. The lowest BCUT2D eigenvalue weighted by atomic mass is 10.1. The molecule has 1 fully saturated rings. The van der Waals surface area contributed by atoms with Crippen molar-refractivity contribution in [3.8, 4) is 17.6 Å². The Balaban J connectivity index is 2.00. The third-order valence-electron chi connectivity index (χ3n) is 4.93. The Morgan fingerprint density at radius 3 is 2.61 bits per heavy atom. The van der Waals surface area contributed by atoms with Gasteiger partial charge in [-0.15, -0.1) is 0 Å². The number of nitrogens with zero attached hydrogens (tertiary/aromatic N) is 3. The maximum absolute atomic E-state index is 12.0. The number of carbonyl (C=O) groups is 3. The number of likely N-dealkylation sites (tertiary alicyclic amines) is 1. The Morgan fingerprint density at radius 2 is 2.03 bits per heavy atom. The highest BCUT2D eigenvalue weighted by Crippen LogP contribution is 2.27. The highest BCUT2D eigenvalue weighted by atomic mass is 16.5. The van der Waals surface area contributed by atoms with Crippen LogP contribution in [0.3, 0.4) is 0 Å². The molecule has 0 aliphatic carbocycles. The van der Waals surface area contributed by atoms with E-state index in [0.29, 0.717) is 29.8 Å². The maximum atomic E-state index is 12.0. The SMILES string of the molecule is CNC(=O)c1cc(C#Cc2nn(C3CCN(C(=O)O)C3)c(N)c2C(N)=O)cc(OC)c1. The van der Waals surface area contributed by atoms with Crippen LogP contribution < -0.4 is 21.5 Å². The van der Waals surface area contributed by atoms with Crippen LogP contribution in [0, 0.1) is 11.8 Å². The van der Waals surface area contributed by atoms with E-state index in [0.717, 1.165) is 0 Å². The Bertz CT molecular complexity index is 1110. The summed E-state index contributed by atoms with van der Waals surface area (Å²) in [4.78, 5) is 36.4. The van der Waals surface area contributed by atoms with Crippen molar-refractivity contribution in [3.05, 3.63) is 40.6 Å². The molecule has 3 amide bonds. The van der Waals surface area contributed by atoms with E-state index in [1.807, 2.05) is 0 Å². The number of hydrogen-bond donors (Lipinski definition) is 4. The summed E-state index contributed by atoms with van der Waals surface area (Å²) in [7, 11) is 2.98. The first-order valence-corrected chi connectivity index (χ1v) is 9.34. The van der Waals surface area contributed by atoms with Crippen molar-refractivity contribution in [2.45, 2.75) is 12.5 Å². The van der Waals surface area contributed by atoms with Gasteiger partial charge in [0.2, 0.25) is 0 Å². The molecule has 0 radical (unpaired) electrons. The monoisotopic (exact) mass is 426 g/mol. The molecule has 1 aromatic carbocycles. The van der Waals surface area contributed by atoms with E-state index < -0.39 is 12.0 Å². The molecular formula is C20H22N6O5. The smallest absolute Gasteiger partial charge is 0.407 e. The lowest BCUT2D eigenvalue weighted by Crippen LogP contribution is -2.27. The number of benzene rings is 1. The molecule has 2 aromatic rings. The van der Waals surface area contributed by atoms with Crippen molar-refractivity contribution in [2.75, 3.05) is 33.0 Å². The number of nitrogens with one attached hydrogen (secondary N) is 1. The number of primary amides is 1. The van der Waals surface area contributed by atoms with Crippen LogP contribution in [0.15, 0.2) is 18.2 Å². The van der Waals surface area contributed by atoms with Crippen LogP contribution >= 0.6 is 0 Å². The van der Waals surface area contributed by atoms with E-state index >= 15 is 0 Å². The van der Waals surface area contributed by atoms with Crippen molar-refractivity contribution in [1.29, 1.82) is 0 Å². The average Bonchev–Trinajstić information content (AvgIpc) is 3.36. The summed E-state index contributed by atoms with van der Waals surface area (Å²) in [5.74, 6) is 5.01. The lowest BCUT2D eigenvalue weighted by Gasteiger charge is -2.13. The molecule has 3 rings (SSSR count). The van der Waals surface area contributed by atoms with Crippen LogP contribution in [0.25, 0.3) is 0 Å². The Labute approximate surface area is 177 Å². The van der Waals surface area contributed by atoms with Gasteiger partial charge in [0.25, 0.3) is 11.8 Å². The van der Waals surface area contributed by atoms with Crippen LogP contribution in [0.2, 0.25) is 0 Å². The Morgan fingerprint density at radius 1 is 1.29 bits per heavy atom. The number of ether oxygens (including phenoxy) is 1. The van der Waals surface area contributed by atoms with Crippen molar-refractivity contribution >= 4 is 23.7 Å². The number of aromatic nitrogens is 2. The molecule has 2 heterocycles. The molecule has 31 heavy (non-hydrogen) atoms. The number of anilines is 1. The van der Waals surface area contributed by atoms with E-state index in [1.165, 1.54) is 23.7 Å². The largest absolute Gasteiger partial charge is 0.497 e. The van der Waals surface area contributed by atoms with Crippen LogP contribution in [0.4, 0.5) is 10.6 Å². The zero-order valence-electron chi connectivity index (χ0n) is 17.0. The van der Waals surface area contributed by atoms with Gasteiger partial charge in [-0.05, 0) is 30.5 Å². The normalized spacial score (nSPS) is 15.2. The minimum atomic E-state index is -1.03. The molecule has 1 atom stereocenters. The molecule has 1 aliphatic rings. The molecule has 11 nitrogen and oxygen atoms in total. The third kappa shape index (κ3) is 4.37. The van der Waals surface area contributed by atoms with Crippen LogP contribution in [0.1, 0.15) is 44.4 Å². The number of rotatable bonds is 4. The first-order valence-electron chi connectivity index (χ1n) is 9.34. The molecule has 0 saturated carbocycles. The summed E-state index contributed by atoms with van der Waals surface area (Å²) < 4.78 is 6.61. The fraction of sp³-hybridized carbons (Fsp3) is 0.300. The first-order chi connectivity index (χ1) is 14.7. The van der Waals surface area contributed by atoms with Crippen molar-refractivity contribution in [2.24, 2.45) is 5.73 Å². The fourth-order valence-corrected chi connectivity index (χ4v) is 3.37. The zero-order valence-corrected chi connectivity index (χ0v) is 17.0. The minimum absolute atomic E-state index is 0.0318. The van der Waals surface area contributed by atoms with Gasteiger partial charge in [0.1, 0.15) is 17.1 Å². The van der Waals surface area contributed by atoms with Gasteiger partial charge >= 0.3 is 6.09 Å². The highest BCUT2D eigenvalue weighted by molar-refractivity contribution is 5.99. The second-order valence-corrected chi connectivity index (χ2v) is 6.87. The summed E-state index contributed by atoms with van der Waals surface area (Å²) in [6, 6.07) is 4.44. The molecule has 6 N–H and O–H groups in total. The van der Waals surface area contributed by atoms with Crippen LogP contribution in [-0.4, -0.2) is 64.9 Å². The summed E-state index contributed by atoms with van der Waals surface area (Å²) in [5, 5.41) is 16.0. The molecule has 1 aliphatic heterocycles. The second-order valence-electron chi connectivity index (χ2n) is 6.87. The van der Waals surface area contributed by atoms with E-state index in [9.17, 15) is 14.4 Å². The molecule has 1 aromatic heterocycles. The summed E-state index contributed by atoms with van der Waals surface area (Å²) in [6.45, 7) is 0.524. The van der Waals surface area contributed by atoms with Gasteiger partial charge < -0.3 is 31.5 Å². The predicted octanol–water partition coefficient (Wildman–Crippen LogP) is 0.257. The maximum Gasteiger partial charge on any atom is 0.407 e. The topological polar surface area (TPSA) is 166 Å². The summed E-state index contributed by atoms with van der Waals surface area (Å²) >= 11 is 0. The number of hydrogen-bond acceptors (Lipinski definition) is 6. The minimum Gasteiger partial charge on any atom is -0.497 e. The number of nitrogen functional groups attached to an aromatic ring is 1. The predicted molar refractivity (Wildman–Crippen MR) is 111 cm³/mol. The zero-order chi connectivity index (χ0) is 22.7. The van der Waals surface area contributed by atoms with Gasteiger partial charge in [-0.25, -0.2) is 9.48 Å². The Hall–Kier alpha value is -4.20. The van der Waals surface area contributed by atoms with E-state index in [1.54, 1.807) is 18.2 Å². The number of nitrogens with two attached hydrogens (primary N) is 2. The Kier molecular flexibility index (Phi) is 6.01. The van der Waals surface area contributed by atoms with Crippen molar-refractivity contribution in [1.82, 2.24) is 20.0 Å². The second kappa shape index (κ2) is 8.66. The van der Waals surface area contributed by atoms with Gasteiger partial charge in [0, 0.05) is 31.3 Å².